The number of aromatic nitrogens is 1. The second kappa shape index (κ2) is 8.84. The molecule has 1 aliphatic rings. The molecule has 0 radical (unpaired) electrons. The van der Waals surface area contributed by atoms with Crippen LogP contribution in [0.4, 0.5) is 0 Å². The Balaban J connectivity index is 1.92. The van der Waals surface area contributed by atoms with E-state index in [4.69, 9.17) is 9.47 Å². The largest absolute Gasteiger partial charge is 0.504 e. The van der Waals surface area contributed by atoms with Crippen molar-refractivity contribution >= 4 is 23.4 Å². The van der Waals surface area contributed by atoms with Gasteiger partial charge in [0.1, 0.15) is 0 Å². The van der Waals surface area contributed by atoms with Crippen molar-refractivity contribution in [1.29, 1.82) is 0 Å². The molecule has 0 spiro atoms. The van der Waals surface area contributed by atoms with E-state index in [9.17, 15) is 14.7 Å². The Morgan fingerprint density at radius 3 is 2.66 bits per heavy atom. The van der Waals surface area contributed by atoms with Gasteiger partial charge in [0.15, 0.2) is 16.3 Å². The van der Waals surface area contributed by atoms with Crippen molar-refractivity contribution in [2.75, 3.05) is 13.7 Å². The zero-order valence-corrected chi connectivity index (χ0v) is 18.7. The molecule has 1 aromatic heterocycles. The van der Waals surface area contributed by atoms with Crippen molar-refractivity contribution in [1.82, 2.24) is 4.57 Å². The number of phenolic OH excluding ortho intramolecular Hbond substituents is 1. The number of rotatable bonds is 5. The summed E-state index contributed by atoms with van der Waals surface area (Å²) in [5.41, 5.74) is 2.03. The lowest BCUT2D eigenvalue weighted by Crippen LogP contribution is -2.39. The van der Waals surface area contributed by atoms with Gasteiger partial charge < -0.3 is 14.6 Å². The van der Waals surface area contributed by atoms with Crippen LogP contribution in [0.2, 0.25) is 0 Å². The third kappa shape index (κ3) is 3.85. The predicted molar refractivity (Wildman–Crippen MR) is 121 cm³/mol. The van der Waals surface area contributed by atoms with Crippen LogP contribution >= 0.6 is 11.3 Å². The number of thiazole rings is 1. The highest BCUT2D eigenvalue weighted by atomic mass is 32.1. The first-order chi connectivity index (χ1) is 15.4. The minimum atomic E-state index is -0.641. The number of nitrogens with zero attached hydrogens (tertiary/aromatic N) is 2. The molecule has 1 N–H and O–H groups in total. The van der Waals surface area contributed by atoms with Crippen LogP contribution in [0, 0.1) is 0 Å². The summed E-state index contributed by atoms with van der Waals surface area (Å²) in [6.07, 6.45) is 1.69. The molecule has 1 atom stereocenters. The smallest absolute Gasteiger partial charge is 0.338 e. The maximum atomic E-state index is 13.5. The number of benzene rings is 2. The fourth-order valence-electron chi connectivity index (χ4n) is 3.69. The van der Waals surface area contributed by atoms with Crippen molar-refractivity contribution in [3.63, 3.8) is 0 Å². The number of phenols is 1. The first kappa shape index (κ1) is 21.6. The molecule has 0 unspecified atom stereocenters. The summed E-state index contributed by atoms with van der Waals surface area (Å²) in [6, 6.07) is 13.6. The highest BCUT2D eigenvalue weighted by Gasteiger charge is 2.33. The molecule has 7 nitrogen and oxygen atoms in total. The Morgan fingerprint density at radius 1 is 1.25 bits per heavy atom. The van der Waals surface area contributed by atoms with Crippen molar-refractivity contribution in [2.24, 2.45) is 4.99 Å². The maximum Gasteiger partial charge on any atom is 0.338 e. The quantitative estimate of drug-likeness (QED) is 0.604. The zero-order chi connectivity index (χ0) is 22.8. The van der Waals surface area contributed by atoms with Gasteiger partial charge in [0.05, 0.1) is 35.6 Å². The van der Waals surface area contributed by atoms with Gasteiger partial charge in [-0.1, -0.05) is 47.7 Å². The van der Waals surface area contributed by atoms with E-state index >= 15 is 0 Å². The first-order valence-corrected chi connectivity index (χ1v) is 10.9. The average Bonchev–Trinajstić information content (AvgIpc) is 3.08. The van der Waals surface area contributed by atoms with Crippen molar-refractivity contribution in [3.05, 3.63) is 90.6 Å². The fraction of sp³-hybridized carbons (Fsp3) is 0.208. The second-order valence-electron chi connectivity index (χ2n) is 7.14. The van der Waals surface area contributed by atoms with Crippen molar-refractivity contribution in [3.8, 4) is 11.5 Å². The van der Waals surface area contributed by atoms with Gasteiger partial charge in [-0.3, -0.25) is 9.36 Å². The van der Waals surface area contributed by atoms with Crippen LogP contribution in [0.5, 0.6) is 11.5 Å². The summed E-state index contributed by atoms with van der Waals surface area (Å²) >= 11 is 1.23. The Labute approximate surface area is 188 Å². The minimum absolute atomic E-state index is 0.0170. The van der Waals surface area contributed by atoms with E-state index in [0.29, 0.717) is 31.9 Å². The lowest BCUT2D eigenvalue weighted by molar-refractivity contribution is -0.139. The molecule has 0 bridgehead atoms. The van der Waals surface area contributed by atoms with E-state index in [1.807, 2.05) is 30.3 Å². The average molecular weight is 451 g/mol. The summed E-state index contributed by atoms with van der Waals surface area (Å²) in [6.45, 7) is 3.72. The van der Waals surface area contributed by atoms with E-state index < -0.39 is 12.0 Å². The Morgan fingerprint density at radius 2 is 2.00 bits per heavy atom. The number of esters is 1. The van der Waals surface area contributed by atoms with Gasteiger partial charge in [-0.2, -0.15) is 0 Å². The second-order valence-corrected chi connectivity index (χ2v) is 8.15. The summed E-state index contributed by atoms with van der Waals surface area (Å²) in [4.78, 5) is 31.3. The molecular weight excluding hydrogens is 428 g/mol. The zero-order valence-electron chi connectivity index (χ0n) is 17.9. The molecular formula is C24H22N2O5S. The number of hydrogen-bond acceptors (Lipinski definition) is 7. The molecule has 2 aromatic carbocycles. The molecule has 0 aliphatic carbocycles. The molecule has 3 aromatic rings. The Bertz CT molecular complexity index is 1390. The Kier molecular flexibility index (Phi) is 5.96. The molecule has 0 saturated carbocycles. The molecule has 0 fully saturated rings. The standard InChI is InChI=1S/C24H22N2O5S/c1-4-31-23(29)20-14(2)25-24-26(21(20)16-8-6-5-7-9-16)22(28)19(32-24)13-15-10-11-18(30-3)17(27)12-15/h5-13,21,27H,4H2,1-3H3/b19-13+/t21-/m0/s1. The molecule has 1 aliphatic heterocycles. The molecule has 8 heteroatoms. The molecule has 0 amide bonds. The highest BCUT2D eigenvalue weighted by Crippen LogP contribution is 2.30. The van der Waals surface area contributed by atoms with E-state index in [-0.39, 0.29) is 17.9 Å². The molecule has 0 saturated heterocycles. The van der Waals surface area contributed by atoms with Gasteiger partial charge in [-0.05, 0) is 43.2 Å². The van der Waals surface area contributed by atoms with E-state index in [2.05, 4.69) is 4.99 Å². The number of ether oxygens (including phenoxy) is 2. The number of fused-ring (bicyclic) bond motifs is 1. The van der Waals surface area contributed by atoms with E-state index in [1.165, 1.54) is 29.1 Å². The molecule has 4 rings (SSSR count). The molecule has 2 heterocycles. The summed E-state index contributed by atoms with van der Waals surface area (Å²) < 4.78 is 12.3. The number of hydrogen-bond donors (Lipinski definition) is 1. The number of aromatic hydroxyl groups is 1. The van der Waals surface area contributed by atoms with E-state index in [0.717, 1.165) is 5.56 Å². The van der Waals surface area contributed by atoms with Crippen LogP contribution < -0.4 is 19.6 Å². The predicted octanol–water partition coefficient (Wildman–Crippen LogP) is 2.51. The number of carbonyl (C=O) groups excluding carboxylic acids is 1. The van der Waals surface area contributed by atoms with Crippen LogP contribution in [0.15, 0.2) is 69.6 Å². The third-order valence-electron chi connectivity index (χ3n) is 5.13. The van der Waals surface area contributed by atoms with Gasteiger partial charge in [-0.15, -0.1) is 0 Å². The van der Waals surface area contributed by atoms with Gasteiger partial charge in [0.25, 0.3) is 5.56 Å². The number of methoxy groups -OCH3 is 1. The maximum absolute atomic E-state index is 13.5. The van der Waals surface area contributed by atoms with Crippen LogP contribution in [0.3, 0.4) is 0 Å². The van der Waals surface area contributed by atoms with Gasteiger partial charge in [-0.25, -0.2) is 9.79 Å². The first-order valence-electron chi connectivity index (χ1n) is 10.1. The molecule has 164 valence electrons. The SMILES string of the molecule is CCOC(=O)C1=C(C)N=c2s/c(=C/c3ccc(OC)c(O)c3)c(=O)n2[C@H]1c1ccccc1. The minimum Gasteiger partial charge on any atom is -0.504 e. The lowest BCUT2D eigenvalue weighted by Gasteiger charge is -2.24. The van der Waals surface area contributed by atoms with Crippen LogP contribution in [0.25, 0.3) is 6.08 Å². The van der Waals surface area contributed by atoms with Gasteiger partial charge in [0, 0.05) is 0 Å². The van der Waals surface area contributed by atoms with Crippen molar-refractivity contribution in [2.45, 2.75) is 19.9 Å². The fourth-order valence-corrected chi connectivity index (χ4v) is 4.74. The molecule has 32 heavy (non-hydrogen) atoms. The number of carbonyl (C=O) groups is 1. The topological polar surface area (TPSA) is 90.1 Å². The Hall–Kier alpha value is -3.65. The summed E-state index contributed by atoms with van der Waals surface area (Å²) in [7, 11) is 1.47. The van der Waals surface area contributed by atoms with E-state index in [1.54, 1.807) is 32.1 Å². The highest BCUT2D eigenvalue weighted by molar-refractivity contribution is 7.07. The summed E-state index contributed by atoms with van der Waals surface area (Å²) in [5.74, 6) is -0.157. The normalized spacial score (nSPS) is 15.8. The van der Waals surface area contributed by atoms with Crippen molar-refractivity contribution < 1.29 is 19.4 Å². The van der Waals surface area contributed by atoms with Gasteiger partial charge >= 0.3 is 5.97 Å². The number of allylic oxidation sites excluding steroid dienone is 1. The monoisotopic (exact) mass is 450 g/mol. The van der Waals surface area contributed by atoms with Gasteiger partial charge in [0.2, 0.25) is 0 Å². The lowest BCUT2D eigenvalue weighted by atomic mass is 9.96. The van der Waals surface area contributed by atoms with Crippen LogP contribution in [-0.2, 0) is 9.53 Å². The summed E-state index contributed by atoms with van der Waals surface area (Å²) in [5, 5.41) is 10.1. The van der Waals surface area contributed by atoms with Crippen LogP contribution in [0.1, 0.15) is 31.0 Å². The van der Waals surface area contributed by atoms with Crippen LogP contribution in [-0.4, -0.2) is 29.4 Å². The third-order valence-corrected chi connectivity index (χ3v) is 6.12.